The van der Waals surface area contributed by atoms with Crippen LogP contribution in [0, 0.1) is 0 Å². The summed E-state index contributed by atoms with van der Waals surface area (Å²) in [6.07, 6.45) is 3.80. The lowest BCUT2D eigenvalue weighted by Crippen LogP contribution is -2.39. The van der Waals surface area contributed by atoms with Crippen LogP contribution in [0.15, 0.2) is 36.5 Å². The number of fused-ring (bicyclic) bond motifs is 2. The molecule has 2 aliphatic rings. The third-order valence-corrected chi connectivity index (χ3v) is 4.35. The Morgan fingerprint density at radius 1 is 1.36 bits per heavy atom. The number of anilines is 3. The molecule has 7 nitrogen and oxygen atoms in total. The summed E-state index contributed by atoms with van der Waals surface area (Å²) in [6.45, 7) is 4.83. The zero-order valence-electron chi connectivity index (χ0n) is 14.5. The van der Waals surface area contributed by atoms with E-state index in [-0.39, 0.29) is 0 Å². The van der Waals surface area contributed by atoms with Crippen LogP contribution in [0.4, 0.5) is 17.2 Å². The molecule has 4 rings (SSSR count). The van der Waals surface area contributed by atoms with Gasteiger partial charge in [-0.15, -0.1) is 4.98 Å². The van der Waals surface area contributed by atoms with Gasteiger partial charge in [-0.05, 0) is 19.1 Å². The number of aromatic nitrogens is 2. The third-order valence-electron chi connectivity index (χ3n) is 4.35. The van der Waals surface area contributed by atoms with Gasteiger partial charge in [-0.1, -0.05) is 12.1 Å². The maximum atomic E-state index is 5.96. The number of nitrogens with zero attached hydrogens (tertiary/aromatic N) is 3. The van der Waals surface area contributed by atoms with Crippen LogP contribution in [0.25, 0.3) is 6.08 Å². The standard InChI is InChI=1S/C18H21N5O2/c1-3-24-9-8-23-12-21-13(17-18(23)20-11-19-17)10-16-22(2)14-6-4-5-7-15(14)25-16/h4-7,10,12,19H,3,8-9,11H2,1-2H3/p+1/b16-10-. The fraction of sp³-hybridized carbons (Fsp3) is 0.333. The van der Waals surface area contributed by atoms with Crippen molar-refractivity contribution in [1.82, 2.24) is 4.98 Å². The van der Waals surface area contributed by atoms with E-state index in [0.29, 0.717) is 13.3 Å². The quantitative estimate of drug-likeness (QED) is 0.641. The molecular weight excluding hydrogens is 318 g/mol. The molecule has 2 N–H and O–H groups in total. The number of nitrogens with one attached hydrogen (secondary N) is 2. The Balaban J connectivity index is 1.63. The van der Waals surface area contributed by atoms with Gasteiger partial charge in [0, 0.05) is 19.7 Å². The van der Waals surface area contributed by atoms with Crippen molar-refractivity contribution in [2.24, 2.45) is 0 Å². The molecule has 0 amide bonds. The lowest BCUT2D eigenvalue weighted by atomic mass is 10.3. The van der Waals surface area contributed by atoms with Crippen molar-refractivity contribution in [1.29, 1.82) is 0 Å². The normalized spacial score (nSPS) is 16.2. The van der Waals surface area contributed by atoms with Gasteiger partial charge in [0.25, 0.3) is 0 Å². The highest BCUT2D eigenvalue weighted by atomic mass is 16.5. The van der Waals surface area contributed by atoms with Gasteiger partial charge in [0.2, 0.25) is 18.0 Å². The second-order valence-electron chi connectivity index (χ2n) is 5.89. The molecule has 0 radical (unpaired) electrons. The Bertz CT molecular complexity index is 821. The predicted octanol–water partition coefficient (Wildman–Crippen LogP) is 2.03. The average molecular weight is 340 g/mol. The van der Waals surface area contributed by atoms with Gasteiger partial charge in [-0.3, -0.25) is 5.32 Å². The molecule has 0 fully saturated rings. The summed E-state index contributed by atoms with van der Waals surface area (Å²) in [4.78, 5) is 6.64. The fourth-order valence-corrected chi connectivity index (χ4v) is 3.05. The second-order valence-corrected chi connectivity index (χ2v) is 5.89. The minimum absolute atomic E-state index is 0.665. The summed E-state index contributed by atoms with van der Waals surface area (Å²) in [6, 6.07) is 7.99. The molecule has 2 aliphatic heterocycles. The van der Waals surface area contributed by atoms with E-state index >= 15 is 0 Å². The van der Waals surface area contributed by atoms with Gasteiger partial charge < -0.3 is 19.7 Å². The molecular formula is C18H22N5O2+. The lowest BCUT2D eigenvalue weighted by molar-refractivity contribution is -0.686. The van der Waals surface area contributed by atoms with E-state index in [1.54, 1.807) is 0 Å². The van der Waals surface area contributed by atoms with Crippen LogP contribution in [-0.4, -0.2) is 31.9 Å². The number of ether oxygens (including phenoxy) is 2. The molecule has 0 atom stereocenters. The summed E-state index contributed by atoms with van der Waals surface area (Å²) in [5, 5.41) is 6.72. The Hall–Kier alpha value is -2.80. The van der Waals surface area contributed by atoms with E-state index < -0.39 is 0 Å². The van der Waals surface area contributed by atoms with Crippen LogP contribution in [-0.2, 0) is 11.3 Å². The van der Waals surface area contributed by atoms with Gasteiger partial charge in [0.05, 0.1) is 18.8 Å². The molecule has 25 heavy (non-hydrogen) atoms. The molecule has 0 spiro atoms. The van der Waals surface area contributed by atoms with Crippen molar-refractivity contribution < 1.29 is 14.0 Å². The average Bonchev–Trinajstić information content (AvgIpc) is 3.23. The van der Waals surface area contributed by atoms with Crippen molar-refractivity contribution in [3.63, 3.8) is 0 Å². The van der Waals surface area contributed by atoms with Crippen molar-refractivity contribution in [2.45, 2.75) is 13.5 Å². The van der Waals surface area contributed by atoms with Crippen molar-refractivity contribution in [2.75, 3.05) is 42.5 Å². The molecule has 7 heteroatoms. The SMILES string of the molecule is CCOCC[n+]1cnc(/C=C2\Oc3ccccc3N2C)c2c1NCN2. The minimum Gasteiger partial charge on any atom is -0.439 e. The zero-order chi connectivity index (χ0) is 17.2. The van der Waals surface area contributed by atoms with Gasteiger partial charge in [-0.25, -0.2) is 4.57 Å². The van der Waals surface area contributed by atoms with Gasteiger partial charge in [0.15, 0.2) is 17.1 Å². The monoisotopic (exact) mass is 340 g/mol. The fourth-order valence-electron chi connectivity index (χ4n) is 3.05. The maximum absolute atomic E-state index is 5.96. The Labute approximate surface area is 146 Å². The van der Waals surface area contributed by atoms with Crippen LogP contribution < -0.4 is 24.8 Å². The summed E-state index contributed by atoms with van der Waals surface area (Å²) in [7, 11) is 1.99. The number of hydrogen-bond donors (Lipinski definition) is 2. The Morgan fingerprint density at radius 3 is 3.08 bits per heavy atom. The van der Waals surface area contributed by atoms with Gasteiger partial charge in [-0.2, -0.15) is 0 Å². The molecule has 0 unspecified atom stereocenters. The number of hydrogen-bond acceptors (Lipinski definition) is 6. The van der Waals surface area contributed by atoms with Crippen molar-refractivity contribution in [3.05, 3.63) is 42.2 Å². The number of rotatable bonds is 5. The van der Waals surface area contributed by atoms with Gasteiger partial charge in [0.1, 0.15) is 6.67 Å². The van der Waals surface area contributed by atoms with Crippen LogP contribution in [0.3, 0.4) is 0 Å². The van der Waals surface area contributed by atoms with E-state index in [2.05, 4.69) is 20.2 Å². The molecule has 130 valence electrons. The molecule has 1 aromatic carbocycles. The first-order valence-electron chi connectivity index (χ1n) is 8.48. The summed E-state index contributed by atoms with van der Waals surface area (Å²) in [5.41, 5.74) is 2.89. The Morgan fingerprint density at radius 2 is 2.24 bits per heavy atom. The second kappa shape index (κ2) is 6.60. The van der Waals surface area contributed by atoms with E-state index in [4.69, 9.17) is 9.47 Å². The first-order chi connectivity index (χ1) is 12.3. The van der Waals surface area contributed by atoms with Crippen molar-refractivity contribution >= 4 is 23.3 Å². The third kappa shape index (κ3) is 2.87. The molecule has 3 heterocycles. The van der Waals surface area contributed by atoms with Gasteiger partial charge >= 0.3 is 0 Å². The lowest BCUT2D eigenvalue weighted by Gasteiger charge is -2.11. The molecule has 0 saturated carbocycles. The maximum Gasteiger partial charge on any atom is 0.250 e. The first kappa shape index (κ1) is 15.7. The molecule has 1 aromatic heterocycles. The number of para-hydroxylation sites is 2. The Kier molecular flexibility index (Phi) is 4.15. The van der Waals surface area contributed by atoms with Crippen LogP contribution in [0.1, 0.15) is 12.6 Å². The topological polar surface area (TPSA) is 62.5 Å². The van der Waals surface area contributed by atoms with E-state index in [1.807, 2.05) is 55.5 Å². The summed E-state index contributed by atoms with van der Waals surface area (Å²) < 4.78 is 13.5. The highest BCUT2D eigenvalue weighted by Crippen LogP contribution is 2.38. The van der Waals surface area contributed by atoms with Crippen molar-refractivity contribution in [3.8, 4) is 5.75 Å². The summed E-state index contributed by atoms with van der Waals surface area (Å²) >= 11 is 0. The van der Waals surface area contributed by atoms with Crippen LogP contribution in [0.5, 0.6) is 5.75 Å². The van der Waals surface area contributed by atoms with Crippen LogP contribution >= 0.6 is 0 Å². The zero-order valence-corrected chi connectivity index (χ0v) is 14.5. The molecule has 0 aliphatic carbocycles. The van der Waals surface area contributed by atoms with Crippen LogP contribution in [0.2, 0.25) is 0 Å². The molecule has 0 bridgehead atoms. The first-order valence-corrected chi connectivity index (χ1v) is 8.48. The highest BCUT2D eigenvalue weighted by Gasteiger charge is 2.27. The smallest absolute Gasteiger partial charge is 0.250 e. The minimum atomic E-state index is 0.665. The molecule has 2 aromatic rings. The predicted molar refractivity (Wildman–Crippen MR) is 96.5 cm³/mol. The van der Waals surface area contributed by atoms with E-state index in [0.717, 1.165) is 47.7 Å². The van der Waals surface area contributed by atoms with E-state index in [1.165, 1.54) is 0 Å². The highest BCUT2D eigenvalue weighted by molar-refractivity contribution is 5.78. The summed E-state index contributed by atoms with van der Waals surface area (Å²) in [5.74, 6) is 2.65. The largest absolute Gasteiger partial charge is 0.439 e. The number of benzene rings is 1. The van der Waals surface area contributed by atoms with E-state index in [9.17, 15) is 0 Å². The molecule has 0 saturated heterocycles.